The van der Waals surface area contributed by atoms with Crippen molar-refractivity contribution in [2.24, 2.45) is 5.73 Å². The van der Waals surface area contributed by atoms with Gasteiger partial charge in [0, 0.05) is 17.8 Å². The van der Waals surface area contributed by atoms with Crippen molar-refractivity contribution in [2.45, 2.75) is 20.0 Å². The molecule has 0 radical (unpaired) electrons. The van der Waals surface area contributed by atoms with Crippen molar-refractivity contribution in [3.8, 4) is 11.5 Å². The quantitative estimate of drug-likeness (QED) is 0.299. The number of amides is 1. The Morgan fingerprint density at radius 1 is 1.24 bits per heavy atom. The molecule has 0 unspecified atom stereocenters. The van der Waals surface area contributed by atoms with E-state index in [1.807, 2.05) is 43.3 Å². The maximum Gasteiger partial charge on any atom is 0.240 e. The summed E-state index contributed by atoms with van der Waals surface area (Å²) in [6, 6.07) is 15.2. The van der Waals surface area contributed by atoms with E-state index in [-0.39, 0.29) is 18.3 Å². The molecule has 146 valence electrons. The molecular formula is C21H21N7O. The van der Waals surface area contributed by atoms with Gasteiger partial charge in [0.1, 0.15) is 18.1 Å². The van der Waals surface area contributed by atoms with Gasteiger partial charge >= 0.3 is 0 Å². The average molecular weight is 387 g/mol. The Kier molecular flexibility index (Phi) is 4.82. The van der Waals surface area contributed by atoms with Gasteiger partial charge in [-0.25, -0.2) is 9.97 Å². The highest BCUT2D eigenvalue weighted by Gasteiger charge is 2.15. The van der Waals surface area contributed by atoms with Crippen molar-refractivity contribution in [1.82, 2.24) is 24.8 Å². The predicted octanol–water partition coefficient (Wildman–Crippen LogP) is 2.34. The zero-order valence-electron chi connectivity index (χ0n) is 15.9. The summed E-state index contributed by atoms with van der Waals surface area (Å²) >= 11 is 0. The minimum Gasteiger partial charge on any atom is -0.384 e. The Hall–Kier alpha value is -3.94. The molecule has 0 saturated heterocycles. The Balaban J connectivity index is 1.50. The van der Waals surface area contributed by atoms with Gasteiger partial charge < -0.3 is 20.6 Å². The number of fused-ring (bicyclic) bond motifs is 1. The van der Waals surface area contributed by atoms with Crippen LogP contribution in [-0.4, -0.2) is 31.3 Å². The normalized spacial score (nSPS) is 10.9. The topological polar surface area (TPSA) is 125 Å². The van der Waals surface area contributed by atoms with E-state index in [9.17, 15) is 4.79 Å². The molecule has 29 heavy (non-hydrogen) atoms. The number of hydrogen-bond acceptors (Lipinski definition) is 4. The molecular weight excluding hydrogens is 366 g/mol. The van der Waals surface area contributed by atoms with Crippen LogP contribution in [0, 0.1) is 12.3 Å². The van der Waals surface area contributed by atoms with Crippen LogP contribution in [0.1, 0.15) is 16.8 Å². The van der Waals surface area contributed by atoms with E-state index in [1.165, 1.54) is 0 Å². The SMILES string of the molecule is Cc1c(-c2nc3cc(C(=N)N)ccc3[nH]2)ncn1CC(=O)NCc1ccccc1. The second-order valence-corrected chi connectivity index (χ2v) is 6.80. The van der Waals surface area contributed by atoms with Crippen LogP contribution < -0.4 is 11.1 Å². The maximum absolute atomic E-state index is 12.3. The highest BCUT2D eigenvalue weighted by atomic mass is 16.1. The first-order chi connectivity index (χ1) is 14.0. The molecule has 0 atom stereocenters. The van der Waals surface area contributed by atoms with Crippen LogP contribution in [0.5, 0.6) is 0 Å². The number of H-pyrrole nitrogens is 1. The van der Waals surface area contributed by atoms with Gasteiger partial charge in [0.05, 0.1) is 17.4 Å². The second kappa shape index (κ2) is 7.59. The van der Waals surface area contributed by atoms with Crippen molar-refractivity contribution in [3.05, 3.63) is 71.7 Å². The largest absolute Gasteiger partial charge is 0.384 e. The third-order valence-electron chi connectivity index (χ3n) is 4.76. The zero-order valence-corrected chi connectivity index (χ0v) is 15.9. The van der Waals surface area contributed by atoms with Crippen LogP contribution in [0.15, 0.2) is 54.9 Å². The summed E-state index contributed by atoms with van der Waals surface area (Å²) in [6.07, 6.45) is 1.64. The summed E-state index contributed by atoms with van der Waals surface area (Å²) in [4.78, 5) is 24.5. The summed E-state index contributed by atoms with van der Waals surface area (Å²) in [5.41, 5.74) is 10.3. The number of carbonyl (C=O) groups excluding carboxylic acids is 1. The van der Waals surface area contributed by atoms with E-state index in [4.69, 9.17) is 11.1 Å². The summed E-state index contributed by atoms with van der Waals surface area (Å²) in [5.74, 6) is 0.525. The lowest BCUT2D eigenvalue weighted by atomic mass is 10.2. The van der Waals surface area contributed by atoms with E-state index in [2.05, 4.69) is 20.3 Å². The van der Waals surface area contributed by atoms with Crippen molar-refractivity contribution in [3.63, 3.8) is 0 Å². The molecule has 0 spiro atoms. The fraction of sp³-hybridized carbons (Fsp3) is 0.143. The van der Waals surface area contributed by atoms with Gasteiger partial charge in [0.25, 0.3) is 0 Å². The Labute approximate surface area is 167 Å². The summed E-state index contributed by atoms with van der Waals surface area (Å²) < 4.78 is 1.80. The van der Waals surface area contributed by atoms with Gasteiger partial charge in [0.2, 0.25) is 5.91 Å². The lowest BCUT2D eigenvalue weighted by Crippen LogP contribution is -2.27. The maximum atomic E-state index is 12.3. The number of nitrogen functional groups attached to an aromatic ring is 1. The molecule has 2 heterocycles. The summed E-state index contributed by atoms with van der Waals surface area (Å²) in [7, 11) is 0. The van der Waals surface area contributed by atoms with Gasteiger partial charge in [0.15, 0.2) is 5.82 Å². The monoisotopic (exact) mass is 387 g/mol. The number of aromatic amines is 1. The van der Waals surface area contributed by atoms with E-state index >= 15 is 0 Å². The van der Waals surface area contributed by atoms with E-state index in [1.54, 1.807) is 23.0 Å². The zero-order chi connectivity index (χ0) is 20.4. The van der Waals surface area contributed by atoms with Gasteiger partial charge in [-0.05, 0) is 30.7 Å². The molecule has 0 aliphatic rings. The van der Waals surface area contributed by atoms with E-state index in [0.717, 1.165) is 16.8 Å². The fourth-order valence-electron chi connectivity index (χ4n) is 3.13. The molecule has 0 aliphatic carbocycles. The molecule has 8 nitrogen and oxygen atoms in total. The first kappa shape index (κ1) is 18.4. The first-order valence-corrected chi connectivity index (χ1v) is 9.18. The Morgan fingerprint density at radius 2 is 2.03 bits per heavy atom. The number of benzene rings is 2. The number of rotatable bonds is 6. The van der Waals surface area contributed by atoms with Gasteiger partial charge in [-0.15, -0.1) is 0 Å². The van der Waals surface area contributed by atoms with Crippen LogP contribution in [0.25, 0.3) is 22.6 Å². The van der Waals surface area contributed by atoms with Gasteiger partial charge in [-0.1, -0.05) is 30.3 Å². The number of aromatic nitrogens is 4. The number of nitrogens with two attached hydrogens (primary N) is 1. The van der Waals surface area contributed by atoms with Gasteiger partial charge in [-0.2, -0.15) is 0 Å². The molecule has 0 fully saturated rings. The number of amidine groups is 1. The molecule has 2 aromatic heterocycles. The average Bonchev–Trinajstić information content (AvgIpc) is 3.30. The summed E-state index contributed by atoms with van der Waals surface area (Å²) in [5, 5.41) is 10.5. The van der Waals surface area contributed by atoms with E-state index < -0.39 is 0 Å². The fourth-order valence-corrected chi connectivity index (χ4v) is 3.13. The highest BCUT2D eigenvalue weighted by molar-refractivity contribution is 5.98. The smallest absolute Gasteiger partial charge is 0.240 e. The Bertz CT molecular complexity index is 1190. The van der Waals surface area contributed by atoms with Crippen LogP contribution in [-0.2, 0) is 17.9 Å². The van der Waals surface area contributed by atoms with Crippen LogP contribution >= 0.6 is 0 Å². The molecule has 4 aromatic rings. The van der Waals surface area contributed by atoms with Crippen molar-refractivity contribution in [1.29, 1.82) is 5.41 Å². The lowest BCUT2D eigenvalue weighted by Gasteiger charge is -2.07. The molecule has 0 bridgehead atoms. The van der Waals surface area contributed by atoms with Gasteiger partial charge in [-0.3, -0.25) is 10.2 Å². The molecule has 8 heteroatoms. The number of nitrogens with one attached hydrogen (secondary N) is 3. The molecule has 0 saturated carbocycles. The van der Waals surface area contributed by atoms with Crippen molar-refractivity contribution in [2.75, 3.05) is 0 Å². The molecule has 4 rings (SSSR count). The molecule has 1 amide bonds. The first-order valence-electron chi connectivity index (χ1n) is 9.18. The minimum absolute atomic E-state index is 0.00146. The van der Waals surface area contributed by atoms with Crippen LogP contribution in [0.4, 0.5) is 0 Å². The molecule has 0 aliphatic heterocycles. The molecule has 5 N–H and O–H groups in total. The highest BCUT2D eigenvalue weighted by Crippen LogP contribution is 2.23. The standard InChI is InChI=1S/C21H21N7O/c1-13-19(21-26-16-8-7-15(20(22)23)9-17(16)27-21)25-12-28(13)11-18(29)24-10-14-5-3-2-4-6-14/h2-9,12H,10-11H2,1H3,(H3,22,23)(H,24,29)(H,26,27). The van der Waals surface area contributed by atoms with Crippen molar-refractivity contribution < 1.29 is 4.79 Å². The Morgan fingerprint density at radius 3 is 2.79 bits per heavy atom. The number of carbonyl (C=O) groups is 1. The number of hydrogen-bond donors (Lipinski definition) is 4. The third-order valence-corrected chi connectivity index (χ3v) is 4.76. The number of imidazole rings is 2. The third kappa shape index (κ3) is 3.86. The van der Waals surface area contributed by atoms with Crippen LogP contribution in [0.2, 0.25) is 0 Å². The predicted molar refractivity (Wildman–Crippen MR) is 111 cm³/mol. The second-order valence-electron chi connectivity index (χ2n) is 6.80. The van der Waals surface area contributed by atoms with E-state index in [0.29, 0.717) is 29.1 Å². The summed E-state index contributed by atoms with van der Waals surface area (Å²) in [6.45, 7) is 2.57. The van der Waals surface area contributed by atoms with Crippen molar-refractivity contribution >= 4 is 22.8 Å². The number of nitrogens with zero attached hydrogens (tertiary/aromatic N) is 3. The lowest BCUT2D eigenvalue weighted by molar-refractivity contribution is -0.121. The van der Waals surface area contributed by atoms with Crippen LogP contribution in [0.3, 0.4) is 0 Å². The minimum atomic E-state index is -0.0865. The molecule has 2 aromatic carbocycles.